The van der Waals surface area contributed by atoms with Gasteiger partial charge in [0, 0.05) is 45.1 Å². The van der Waals surface area contributed by atoms with Crippen molar-refractivity contribution >= 4 is 17.9 Å². The van der Waals surface area contributed by atoms with E-state index >= 15 is 0 Å². The molecule has 9 heteroatoms. The minimum absolute atomic E-state index is 0.0391. The highest BCUT2D eigenvalue weighted by molar-refractivity contribution is 5.77. The first-order valence-corrected chi connectivity index (χ1v) is 9.92. The van der Waals surface area contributed by atoms with Gasteiger partial charge in [0.05, 0.1) is 6.04 Å². The first kappa shape index (κ1) is 23.6. The third-order valence-electron chi connectivity index (χ3n) is 5.28. The van der Waals surface area contributed by atoms with Crippen LogP contribution in [0.25, 0.3) is 0 Å². The van der Waals surface area contributed by atoms with Crippen molar-refractivity contribution in [1.29, 1.82) is 0 Å². The third-order valence-corrected chi connectivity index (χ3v) is 5.28. The van der Waals surface area contributed by atoms with Crippen LogP contribution in [0.15, 0.2) is 18.2 Å². The quantitative estimate of drug-likeness (QED) is 0.785. The van der Waals surface area contributed by atoms with E-state index in [1.807, 2.05) is 0 Å². The minimum Gasteiger partial charge on any atom is -0.465 e. The second-order valence-electron chi connectivity index (χ2n) is 8.44. The molecule has 1 aromatic carbocycles. The molecule has 2 rings (SSSR count). The van der Waals surface area contributed by atoms with Gasteiger partial charge in [0.1, 0.15) is 0 Å². The number of carboxylic acid groups (broad SMARTS) is 1. The van der Waals surface area contributed by atoms with Crippen molar-refractivity contribution < 1.29 is 28.3 Å². The van der Waals surface area contributed by atoms with Crippen molar-refractivity contribution in [3.8, 4) is 0 Å². The number of piperazine rings is 1. The Morgan fingerprint density at radius 1 is 1.07 bits per heavy atom. The molecule has 0 spiro atoms. The van der Waals surface area contributed by atoms with Crippen molar-refractivity contribution in [2.75, 3.05) is 26.2 Å². The van der Waals surface area contributed by atoms with Crippen molar-refractivity contribution in [2.45, 2.75) is 52.1 Å². The monoisotopic (exact) mass is 425 g/mol. The lowest BCUT2D eigenvalue weighted by Crippen LogP contribution is -2.50. The summed E-state index contributed by atoms with van der Waals surface area (Å²) in [6.45, 7) is 8.33. The lowest BCUT2D eigenvalue weighted by molar-refractivity contribution is -0.138. The first-order chi connectivity index (χ1) is 13.9. The van der Waals surface area contributed by atoms with Gasteiger partial charge in [-0.05, 0) is 44.9 Å². The van der Waals surface area contributed by atoms with Gasteiger partial charge in [-0.2, -0.15) is 0 Å². The van der Waals surface area contributed by atoms with Gasteiger partial charge in [-0.3, -0.25) is 14.5 Å². The van der Waals surface area contributed by atoms with Crippen LogP contribution in [-0.2, 0) is 9.59 Å². The van der Waals surface area contributed by atoms with E-state index < -0.39 is 29.3 Å². The zero-order valence-electron chi connectivity index (χ0n) is 17.8. The molecule has 30 heavy (non-hydrogen) atoms. The molecule has 0 aromatic heterocycles. The fourth-order valence-corrected chi connectivity index (χ4v) is 3.74. The molecule has 0 saturated carbocycles. The number of rotatable bonds is 5. The van der Waals surface area contributed by atoms with Crippen LogP contribution in [0.4, 0.5) is 13.6 Å². The molecule has 7 nitrogen and oxygen atoms in total. The summed E-state index contributed by atoms with van der Waals surface area (Å²) < 4.78 is 27.3. The fraction of sp³-hybridized carbons (Fsp3) is 0.571. The SMILES string of the molecule is CC(=O)N1CCN(C(=O)CCC(c2ccc(F)c(F)c2)N(C(=O)O)C(C)(C)C)CC1. The van der Waals surface area contributed by atoms with Gasteiger partial charge in [0.15, 0.2) is 11.6 Å². The molecule has 1 saturated heterocycles. The summed E-state index contributed by atoms with van der Waals surface area (Å²) in [5.74, 6) is -2.29. The molecule has 166 valence electrons. The van der Waals surface area contributed by atoms with E-state index in [0.717, 1.165) is 12.1 Å². The van der Waals surface area contributed by atoms with Crippen LogP contribution in [0.1, 0.15) is 52.1 Å². The predicted octanol–water partition coefficient (Wildman–Crippen LogP) is 3.26. The maximum absolute atomic E-state index is 13.8. The van der Waals surface area contributed by atoms with E-state index in [4.69, 9.17) is 0 Å². The average molecular weight is 425 g/mol. The number of carbonyl (C=O) groups excluding carboxylic acids is 2. The lowest BCUT2D eigenvalue weighted by atomic mass is 9.94. The van der Waals surface area contributed by atoms with Crippen molar-refractivity contribution in [1.82, 2.24) is 14.7 Å². The molecule has 1 N–H and O–H groups in total. The largest absolute Gasteiger partial charge is 0.465 e. The molecule has 0 bridgehead atoms. The zero-order chi connectivity index (χ0) is 22.6. The van der Waals surface area contributed by atoms with Crippen molar-refractivity contribution in [3.05, 3.63) is 35.4 Å². The van der Waals surface area contributed by atoms with Gasteiger partial charge in [-0.25, -0.2) is 13.6 Å². The summed E-state index contributed by atoms with van der Waals surface area (Å²) in [5, 5.41) is 9.78. The first-order valence-electron chi connectivity index (χ1n) is 9.92. The summed E-state index contributed by atoms with van der Waals surface area (Å²) in [6.07, 6.45) is -1.04. The van der Waals surface area contributed by atoms with Crippen LogP contribution in [0.3, 0.4) is 0 Å². The highest BCUT2D eigenvalue weighted by atomic mass is 19.2. The summed E-state index contributed by atoms with van der Waals surface area (Å²) in [7, 11) is 0. The number of benzene rings is 1. The highest BCUT2D eigenvalue weighted by Gasteiger charge is 2.35. The smallest absolute Gasteiger partial charge is 0.408 e. The number of halogens is 2. The Balaban J connectivity index is 2.19. The molecular formula is C21H29F2N3O4. The Morgan fingerprint density at radius 2 is 1.63 bits per heavy atom. The van der Waals surface area contributed by atoms with E-state index in [0.29, 0.717) is 31.7 Å². The number of amides is 3. The van der Waals surface area contributed by atoms with Crippen LogP contribution >= 0.6 is 0 Å². The normalized spacial score (nSPS) is 15.7. The molecule has 1 unspecified atom stereocenters. The lowest BCUT2D eigenvalue weighted by Gasteiger charge is -2.40. The third kappa shape index (κ3) is 5.67. The van der Waals surface area contributed by atoms with Gasteiger partial charge in [0.2, 0.25) is 11.8 Å². The Morgan fingerprint density at radius 3 is 2.10 bits per heavy atom. The van der Waals surface area contributed by atoms with Crippen LogP contribution in [-0.4, -0.2) is 69.4 Å². The Bertz CT molecular complexity index is 802. The Hall–Kier alpha value is -2.71. The number of hydrogen-bond donors (Lipinski definition) is 1. The average Bonchev–Trinajstić information content (AvgIpc) is 2.65. The van der Waals surface area contributed by atoms with Gasteiger partial charge < -0.3 is 14.9 Å². The van der Waals surface area contributed by atoms with E-state index in [1.54, 1.807) is 30.6 Å². The molecule has 1 atom stereocenters. The maximum atomic E-state index is 13.8. The number of nitrogens with zero attached hydrogens (tertiary/aromatic N) is 3. The molecule has 1 aliphatic heterocycles. The zero-order valence-corrected chi connectivity index (χ0v) is 17.8. The second-order valence-corrected chi connectivity index (χ2v) is 8.44. The topological polar surface area (TPSA) is 81.2 Å². The van der Waals surface area contributed by atoms with E-state index in [2.05, 4.69) is 0 Å². The minimum atomic E-state index is -1.21. The van der Waals surface area contributed by atoms with Gasteiger partial charge in [-0.15, -0.1) is 0 Å². The summed E-state index contributed by atoms with van der Waals surface area (Å²) in [5.41, 5.74) is -0.530. The summed E-state index contributed by atoms with van der Waals surface area (Å²) >= 11 is 0. The molecule has 0 radical (unpaired) electrons. The van der Waals surface area contributed by atoms with Crippen LogP contribution < -0.4 is 0 Å². The summed E-state index contributed by atoms with van der Waals surface area (Å²) in [4.78, 5) is 40.6. The standard InChI is InChI=1S/C21H29F2N3O4/c1-14(27)24-9-11-25(12-10-24)19(28)8-7-18(26(20(29)30)21(2,3)4)15-5-6-16(22)17(23)13-15/h5-6,13,18H,7-12H2,1-4H3,(H,29,30). The van der Waals surface area contributed by atoms with Crippen molar-refractivity contribution in [3.63, 3.8) is 0 Å². The van der Waals surface area contributed by atoms with E-state index in [9.17, 15) is 28.3 Å². The number of hydrogen-bond acceptors (Lipinski definition) is 3. The molecule has 1 aromatic rings. The van der Waals surface area contributed by atoms with Gasteiger partial charge >= 0.3 is 6.09 Å². The predicted molar refractivity (Wildman–Crippen MR) is 107 cm³/mol. The molecule has 1 aliphatic rings. The highest BCUT2D eigenvalue weighted by Crippen LogP contribution is 2.33. The van der Waals surface area contributed by atoms with Gasteiger partial charge in [-0.1, -0.05) is 6.07 Å². The fourth-order valence-electron chi connectivity index (χ4n) is 3.74. The Labute approximate surface area is 175 Å². The van der Waals surface area contributed by atoms with E-state index in [-0.39, 0.29) is 24.7 Å². The maximum Gasteiger partial charge on any atom is 0.408 e. The molecule has 0 aliphatic carbocycles. The van der Waals surface area contributed by atoms with Gasteiger partial charge in [0.25, 0.3) is 0 Å². The van der Waals surface area contributed by atoms with E-state index in [1.165, 1.54) is 17.9 Å². The molecule has 3 amide bonds. The molecule has 1 heterocycles. The molecular weight excluding hydrogens is 396 g/mol. The van der Waals surface area contributed by atoms with Crippen LogP contribution in [0, 0.1) is 11.6 Å². The van der Waals surface area contributed by atoms with Crippen LogP contribution in [0.2, 0.25) is 0 Å². The molecule has 1 fully saturated rings. The summed E-state index contributed by atoms with van der Waals surface area (Å²) in [6, 6.07) is 2.47. The second kappa shape index (κ2) is 9.40. The Kier molecular flexibility index (Phi) is 7.39. The van der Waals surface area contributed by atoms with Crippen molar-refractivity contribution in [2.24, 2.45) is 0 Å². The number of carbonyl (C=O) groups is 3. The van der Waals surface area contributed by atoms with Crippen LogP contribution in [0.5, 0.6) is 0 Å².